The number of amides is 1. The number of pyridine rings is 3. The van der Waals surface area contributed by atoms with E-state index in [0.717, 1.165) is 49.0 Å². The molecule has 9 heteroatoms. The first-order valence-corrected chi connectivity index (χ1v) is 13.2. The third kappa shape index (κ3) is 5.15. The molecule has 1 saturated carbocycles. The average Bonchev–Trinajstić information content (AvgIpc) is 2.93. The summed E-state index contributed by atoms with van der Waals surface area (Å²) in [5.41, 5.74) is 3.40. The normalized spacial score (nSPS) is 24.1. The van der Waals surface area contributed by atoms with Gasteiger partial charge in [-0.15, -0.1) is 0 Å². The molecule has 4 aliphatic rings. The van der Waals surface area contributed by atoms with Crippen LogP contribution in [0.4, 0.5) is 10.2 Å². The van der Waals surface area contributed by atoms with Crippen molar-refractivity contribution >= 4 is 22.8 Å². The van der Waals surface area contributed by atoms with E-state index in [9.17, 15) is 9.18 Å². The van der Waals surface area contributed by atoms with Gasteiger partial charge in [0.05, 0.1) is 35.1 Å². The third-order valence-corrected chi connectivity index (χ3v) is 7.68. The van der Waals surface area contributed by atoms with E-state index in [-0.39, 0.29) is 29.5 Å². The van der Waals surface area contributed by atoms with Gasteiger partial charge in [0, 0.05) is 23.3 Å². The number of ether oxygens (including phenoxy) is 2. The lowest BCUT2D eigenvalue weighted by Gasteiger charge is -2.53. The molecule has 1 amide bonds. The lowest BCUT2D eigenvalue weighted by Crippen LogP contribution is -2.61. The van der Waals surface area contributed by atoms with Crippen LogP contribution in [0.15, 0.2) is 30.5 Å². The van der Waals surface area contributed by atoms with E-state index in [4.69, 9.17) is 9.47 Å². The molecule has 7 rings (SSSR count). The first-order chi connectivity index (χ1) is 17.9. The number of rotatable bonds is 6. The molecule has 0 atom stereocenters. The maximum atomic E-state index is 14.7. The lowest BCUT2D eigenvalue weighted by molar-refractivity contribution is -0.165. The van der Waals surface area contributed by atoms with Crippen LogP contribution in [0.2, 0.25) is 0 Å². The minimum absolute atomic E-state index is 0.0225. The van der Waals surface area contributed by atoms with Gasteiger partial charge < -0.3 is 20.1 Å². The quantitative estimate of drug-likeness (QED) is 0.502. The van der Waals surface area contributed by atoms with Gasteiger partial charge in [0.1, 0.15) is 5.82 Å². The Morgan fingerprint density at radius 2 is 1.92 bits per heavy atom. The molecule has 3 fully saturated rings. The number of hydrogen-bond acceptors (Lipinski definition) is 7. The zero-order valence-corrected chi connectivity index (χ0v) is 21.7. The van der Waals surface area contributed by atoms with E-state index in [1.165, 1.54) is 6.20 Å². The number of nitrogens with zero attached hydrogens (tertiary/aromatic N) is 3. The molecule has 0 unspecified atom stereocenters. The molecule has 6 heterocycles. The summed E-state index contributed by atoms with van der Waals surface area (Å²) in [6, 6.07) is 7.56. The standard InChI is InChI=1S/C26H28FN5O3.C2H6/c1-16-2-4-20-23(30-16)18(19(27)13-28-20)6-7-26-10-8-25(9-11-26,15-35-26)29-12-17-3-5-21-24(31-17)32-22(33)14-34-21;1-2/h2-5,13,29H,6-12,14-15H2,1H3,(H,31,32,33);1-2H3. The van der Waals surface area contributed by atoms with Gasteiger partial charge in [-0.1, -0.05) is 13.8 Å². The first-order valence-electron chi connectivity index (χ1n) is 13.2. The summed E-state index contributed by atoms with van der Waals surface area (Å²) in [7, 11) is 0. The Bertz CT molecular complexity index is 1280. The number of aromatic nitrogens is 3. The summed E-state index contributed by atoms with van der Waals surface area (Å²) in [6.07, 6.45) is 6.49. The Morgan fingerprint density at radius 3 is 2.68 bits per heavy atom. The van der Waals surface area contributed by atoms with Crippen LogP contribution < -0.4 is 15.4 Å². The second kappa shape index (κ2) is 10.3. The molecule has 37 heavy (non-hydrogen) atoms. The SMILES string of the molecule is CC.Cc1ccc2ncc(F)c(CCC34CCC(NCc5ccc6c(n5)NC(=O)CO6)(CC3)CO4)c2n1. The Morgan fingerprint density at radius 1 is 1.11 bits per heavy atom. The van der Waals surface area contributed by atoms with E-state index >= 15 is 0 Å². The third-order valence-electron chi connectivity index (χ3n) is 7.68. The minimum atomic E-state index is -0.297. The number of aryl methyl sites for hydroxylation is 2. The van der Waals surface area contributed by atoms with Gasteiger partial charge in [-0.3, -0.25) is 14.8 Å². The van der Waals surface area contributed by atoms with E-state index in [2.05, 4.69) is 25.6 Å². The van der Waals surface area contributed by atoms with Gasteiger partial charge in [0.25, 0.3) is 5.91 Å². The van der Waals surface area contributed by atoms with E-state index in [1.54, 1.807) is 0 Å². The Kier molecular flexibility index (Phi) is 7.09. The van der Waals surface area contributed by atoms with Crippen molar-refractivity contribution in [2.75, 3.05) is 18.5 Å². The van der Waals surface area contributed by atoms with E-state index in [1.807, 2.05) is 45.0 Å². The maximum absolute atomic E-state index is 14.7. The van der Waals surface area contributed by atoms with E-state index < -0.39 is 0 Å². The molecule has 3 aromatic heterocycles. The van der Waals surface area contributed by atoms with Crippen molar-refractivity contribution in [2.45, 2.75) is 77.0 Å². The zero-order chi connectivity index (χ0) is 26.0. The summed E-state index contributed by atoms with van der Waals surface area (Å²) in [5, 5.41) is 6.43. The molecule has 1 aliphatic carbocycles. The van der Waals surface area contributed by atoms with Gasteiger partial charge in [-0.05, 0) is 69.7 Å². The molecule has 0 radical (unpaired) electrons. The summed E-state index contributed by atoms with van der Waals surface area (Å²) in [5.74, 6) is 0.581. The molecular formula is C28H34FN5O3. The second-order valence-corrected chi connectivity index (χ2v) is 10.00. The molecule has 2 N–H and O–H groups in total. The topological polar surface area (TPSA) is 98.3 Å². The van der Waals surface area contributed by atoms with Crippen LogP contribution in [0.25, 0.3) is 11.0 Å². The van der Waals surface area contributed by atoms with Crippen molar-refractivity contribution in [3.8, 4) is 5.75 Å². The van der Waals surface area contributed by atoms with Crippen molar-refractivity contribution in [1.29, 1.82) is 0 Å². The van der Waals surface area contributed by atoms with Crippen LogP contribution in [0.1, 0.15) is 62.9 Å². The first kappa shape index (κ1) is 25.5. The predicted octanol–water partition coefficient (Wildman–Crippen LogP) is 4.63. The van der Waals surface area contributed by atoms with Crippen LogP contribution in [0.3, 0.4) is 0 Å². The highest BCUT2D eigenvalue weighted by atomic mass is 19.1. The summed E-state index contributed by atoms with van der Waals surface area (Å²) < 4.78 is 26.5. The molecular weight excluding hydrogens is 473 g/mol. The summed E-state index contributed by atoms with van der Waals surface area (Å²) in [4.78, 5) is 24.9. The van der Waals surface area contributed by atoms with Crippen LogP contribution in [-0.2, 0) is 22.5 Å². The summed E-state index contributed by atoms with van der Waals surface area (Å²) in [6.45, 7) is 7.14. The fraction of sp³-hybridized carbons (Fsp3) is 0.500. The van der Waals surface area contributed by atoms with Crippen LogP contribution in [0.5, 0.6) is 5.75 Å². The minimum Gasteiger partial charge on any atom is -0.480 e. The number of anilines is 1. The number of hydrogen-bond donors (Lipinski definition) is 2. The van der Waals surface area contributed by atoms with Gasteiger partial charge in [-0.2, -0.15) is 0 Å². The Hall–Kier alpha value is -3.17. The number of fused-ring (bicyclic) bond motifs is 5. The number of nitrogens with one attached hydrogen (secondary N) is 2. The zero-order valence-electron chi connectivity index (χ0n) is 21.7. The van der Waals surface area contributed by atoms with Gasteiger partial charge in [-0.25, -0.2) is 9.37 Å². The van der Waals surface area contributed by atoms with E-state index in [0.29, 0.717) is 42.2 Å². The molecule has 196 valence electrons. The van der Waals surface area contributed by atoms with Crippen molar-refractivity contribution in [1.82, 2.24) is 20.3 Å². The number of halogens is 1. The molecule has 8 nitrogen and oxygen atoms in total. The highest BCUT2D eigenvalue weighted by molar-refractivity contribution is 5.94. The highest BCUT2D eigenvalue weighted by Gasteiger charge is 2.49. The monoisotopic (exact) mass is 507 g/mol. The maximum Gasteiger partial charge on any atom is 0.263 e. The van der Waals surface area contributed by atoms with Crippen LogP contribution >= 0.6 is 0 Å². The van der Waals surface area contributed by atoms with Crippen molar-refractivity contribution in [2.24, 2.45) is 0 Å². The molecule has 0 spiro atoms. The van der Waals surface area contributed by atoms with Crippen LogP contribution in [0, 0.1) is 12.7 Å². The average molecular weight is 508 g/mol. The largest absolute Gasteiger partial charge is 0.480 e. The molecule has 2 saturated heterocycles. The van der Waals surface area contributed by atoms with Gasteiger partial charge in [0.15, 0.2) is 18.2 Å². The number of carbonyl (C=O) groups excluding carboxylic acids is 1. The van der Waals surface area contributed by atoms with Crippen molar-refractivity contribution in [3.63, 3.8) is 0 Å². The Balaban J connectivity index is 0.00000137. The fourth-order valence-corrected chi connectivity index (χ4v) is 5.48. The predicted molar refractivity (Wildman–Crippen MR) is 139 cm³/mol. The molecule has 3 aliphatic heterocycles. The Labute approximate surface area is 216 Å². The van der Waals surface area contributed by atoms with Gasteiger partial charge in [0.2, 0.25) is 0 Å². The second-order valence-electron chi connectivity index (χ2n) is 10.00. The molecule has 3 aromatic rings. The van der Waals surface area contributed by atoms with Gasteiger partial charge >= 0.3 is 0 Å². The molecule has 2 bridgehead atoms. The fourth-order valence-electron chi connectivity index (χ4n) is 5.48. The van der Waals surface area contributed by atoms with Crippen LogP contribution in [-0.4, -0.2) is 45.2 Å². The summed E-state index contributed by atoms with van der Waals surface area (Å²) >= 11 is 0. The lowest BCUT2D eigenvalue weighted by atomic mass is 9.69. The highest BCUT2D eigenvalue weighted by Crippen LogP contribution is 2.46. The van der Waals surface area contributed by atoms with Crippen molar-refractivity contribution < 1.29 is 18.7 Å². The number of carbonyl (C=O) groups is 1. The smallest absolute Gasteiger partial charge is 0.263 e. The van der Waals surface area contributed by atoms with Crippen molar-refractivity contribution in [3.05, 3.63) is 53.2 Å². The molecule has 0 aromatic carbocycles.